The minimum absolute atomic E-state index is 0. The van der Waals surface area contributed by atoms with Gasteiger partial charge in [0.1, 0.15) is 0 Å². The summed E-state index contributed by atoms with van der Waals surface area (Å²) in [6.45, 7) is 0.977. The summed E-state index contributed by atoms with van der Waals surface area (Å²) in [6, 6.07) is 0. The third kappa shape index (κ3) is 4.54. The van der Waals surface area contributed by atoms with Gasteiger partial charge in [-0.3, -0.25) is 0 Å². The molecule has 4 saturated carbocycles. The number of rotatable bonds is 7. The largest absolute Gasteiger partial charge is 0.433 e. The molecule has 158 valence electrons. The van der Waals surface area contributed by atoms with E-state index >= 15 is 0 Å². The van der Waals surface area contributed by atoms with Gasteiger partial charge in [0.25, 0.3) is 0 Å². The lowest BCUT2D eigenvalue weighted by atomic mass is 9.53. The smallest absolute Gasteiger partial charge is 0.383 e. The molecule has 5 nitrogen and oxygen atoms in total. The van der Waals surface area contributed by atoms with Gasteiger partial charge in [0, 0.05) is 37.5 Å². The number of halogens is 4. The molecule has 9 heteroatoms. The number of aromatic nitrogens is 2. The van der Waals surface area contributed by atoms with Crippen molar-refractivity contribution in [3.05, 3.63) is 17.5 Å². The quantitative estimate of drug-likeness (QED) is 0.652. The molecule has 4 aliphatic rings. The Morgan fingerprint density at radius 3 is 2.29 bits per heavy atom. The van der Waals surface area contributed by atoms with Gasteiger partial charge < -0.3 is 15.4 Å². The predicted octanol–water partition coefficient (Wildman–Crippen LogP) is 4.03. The van der Waals surface area contributed by atoms with Crippen LogP contribution in [0.4, 0.5) is 19.1 Å². The molecule has 0 aliphatic heterocycles. The van der Waals surface area contributed by atoms with Crippen LogP contribution in [0.2, 0.25) is 0 Å². The lowest BCUT2D eigenvalue weighted by molar-refractivity contribution is -0.141. The molecule has 28 heavy (non-hydrogen) atoms. The molecule has 4 fully saturated rings. The summed E-state index contributed by atoms with van der Waals surface area (Å²) in [4.78, 5) is 8.13. The van der Waals surface area contributed by atoms with Gasteiger partial charge >= 0.3 is 6.18 Å². The van der Waals surface area contributed by atoms with E-state index in [1.165, 1.54) is 25.5 Å². The molecule has 0 spiro atoms. The SMILES string of the molecule is COCCNCc1cnc(NC23CC4CC(CC(C4)C2)C3)nc1C(F)(F)F.Cl. The molecule has 2 N–H and O–H groups in total. The maximum absolute atomic E-state index is 13.5. The zero-order valence-corrected chi connectivity index (χ0v) is 16.8. The van der Waals surface area contributed by atoms with Crippen molar-refractivity contribution in [1.29, 1.82) is 0 Å². The van der Waals surface area contributed by atoms with Crippen LogP contribution in [0.1, 0.15) is 49.8 Å². The minimum atomic E-state index is -4.50. The molecule has 5 rings (SSSR count). The molecule has 0 aromatic carbocycles. The predicted molar refractivity (Wildman–Crippen MR) is 102 cm³/mol. The van der Waals surface area contributed by atoms with Crippen LogP contribution in [0.5, 0.6) is 0 Å². The standard InChI is InChI=1S/C19H27F3N4O.ClH/c1-27-3-2-23-10-15-11-24-17(25-16(15)19(20,21)22)26-18-7-12-4-13(8-18)6-14(5-12)9-18;/h11-14,23H,2-10H2,1H3,(H,24,25,26);1H. The first-order valence-corrected chi connectivity index (χ1v) is 9.78. The molecule has 0 unspecified atom stereocenters. The first-order chi connectivity index (χ1) is 12.9. The number of hydrogen-bond acceptors (Lipinski definition) is 5. The van der Waals surface area contributed by atoms with Crippen molar-refractivity contribution in [3.8, 4) is 0 Å². The van der Waals surface area contributed by atoms with Crippen LogP contribution in [0.3, 0.4) is 0 Å². The van der Waals surface area contributed by atoms with Crippen molar-refractivity contribution >= 4 is 18.4 Å². The average Bonchev–Trinajstić information content (AvgIpc) is 2.57. The molecular formula is C19H28ClF3N4O. The summed E-state index contributed by atoms with van der Waals surface area (Å²) in [7, 11) is 1.55. The van der Waals surface area contributed by atoms with Crippen LogP contribution < -0.4 is 10.6 Å². The van der Waals surface area contributed by atoms with Crippen molar-refractivity contribution in [2.24, 2.45) is 17.8 Å². The van der Waals surface area contributed by atoms with Gasteiger partial charge in [0.2, 0.25) is 5.95 Å². The van der Waals surface area contributed by atoms with E-state index in [0.717, 1.165) is 19.3 Å². The van der Waals surface area contributed by atoms with E-state index in [1.54, 1.807) is 7.11 Å². The molecule has 1 aromatic heterocycles. The summed E-state index contributed by atoms with van der Waals surface area (Å²) in [5.74, 6) is 2.23. The van der Waals surface area contributed by atoms with Crippen molar-refractivity contribution in [2.75, 3.05) is 25.6 Å². The van der Waals surface area contributed by atoms with E-state index in [-0.39, 0.29) is 36.0 Å². The Bertz CT molecular complexity index is 650. The Morgan fingerprint density at radius 1 is 1.14 bits per heavy atom. The van der Waals surface area contributed by atoms with Gasteiger partial charge in [0.15, 0.2) is 5.69 Å². The van der Waals surface area contributed by atoms with Gasteiger partial charge in [-0.05, 0) is 56.3 Å². The number of anilines is 1. The number of ether oxygens (including phenoxy) is 1. The van der Waals surface area contributed by atoms with Gasteiger partial charge in [-0.25, -0.2) is 9.97 Å². The van der Waals surface area contributed by atoms with Crippen molar-refractivity contribution in [3.63, 3.8) is 0 Å². The lowest BCUT2D eigenvalue weighted by Crippen LogP contribution is -2.55. The molecule has 1 aromatic rings. The highest BCUT2D eigenvalue weighted by molar-refractivity contribution is 5.85. The van der Waals surface area contributed by atoms with E-state index < -0.39 is 11.9 Å². The van der Waals surface area contributed by atoms with Crippen molar-refractivity contribution in [2.45, 2.75) is 56.8 Å². The first kappa shape index (κ1) is 21.6. The lowest BCUT2D eigenvalue weighted by Gasteiger charge is -2.56. The molecule has 0 radical (unpaired) electrons. The molecular weight excluding hydrogens is 393 g/mol. The molecule has 1 heterocycles. The fraction of sp³-hybridized carbons (Fsp3) is 0.789. The summed E-state index contributed by atoms with van der Waals surface area (Å²) >= 11 is 0. The highest BCUT2D eigenvalue weighted by Crippen LogP contribution is 2.56. The Hall–Kier alpha value is -1.12. The maximum atomic E-state index is 13.5. The Morgan fingerprint density at radius 2 is 1.75 bits per heavy atom. The molecule has 0 amide bonds. The van der Waals surface area contributed by atoms with Crippen LogP contribution in [-0.2, 0) is 17.5 Å². The van der Waals surface area contributed by atoms with Crippen LogP contribution in [0.25, 0.3) is 0 Å². The Labute approximate surface area is 169 Å². The second-order valence-electron chi connectivity index (χ2n) is 8.56. The number of nitrogens with one attached hydrogen (secondary N) is 2. The number of nitrogens with zero attached hydrogens (tertiary/aromatic N) is 2. The Balaban J connectivity index is 0.00000225. The first-order valence-electron chi connectivity index (χ1n) is 9.78. The summed E-state index contributed by atoms with van der Waals surface area (Å²) in [5.41, 5.74) is -0.903. The second-order valence-corrected chi connectivity index (χ2v) is 8.56. The highest BCUT2D eigenvalue weighted by Gasteiger charge is 2.51. The van der Waals surface area contributed by atoms with E-state index in [0.29, 0.717) is 30.9 Å². The molecule has 4 bridgehead atoms. The third-order valence-corrected chi connectivity index (χ3v) is 6.35. The average molecular weight is 421 g/mol. The van der Waals surface area contributed by atoms with Crippen LogP contribution in [-0.4, -0.2) is 35.8 Å². The number of hydrogen-bond donors (Lipinski definition) is 2. The third-order valence-electron chi connectivity index (χ3n) is 6.35. The zero-order valence-electron chi connectivity index (χ0n) is 16.0. The van der Waals surface area contributed by atoms with E-state index in [2.05, 4.69) is 20.6 Å². The molecule has 4 aliphatic carbocycles. The molecule has 0 atom stereocenters. The summed E-state index contributed by atoms with van der Waals surface area (Å²) in [5, 5.41) is 6.28. The zero-order chi connectivity index (χ0) is 19.1. The van der Waals surface area contributed by atoms with Gasteiger partial charge in [-0.1, -0.05) is 0 Å². The van der Waals surface area contributed by atoms with Crippen LogP contribution in [0, 0.1) is 17.8 Å². The van der Waals surface area contributed by atoms with Gasteiger partial charge in [0.05, 0.1) is 6.61 Å². The van der Waals surface area contributed by atoms with Crippen molar-refractivity contribution in [1.82, 2.24) is 15.3 Å². The summed E-state index contributed by atoms with van der Waals surface area (Å²) in [6.07, 6.45) is 3.74. The maximum Gasteiger partial charge on any atom is 0.433 e. The topological polar surface area (TPSA) is 59.1 Å². The highest BCUT2D eigenvalue weighted by atomic mass is 35.5. The fourth-order valence-electron chi connectivity index (χ4n) is 5.74. The Kier molecular flexibility index (Phi) is 6.41. The minimum Gasteiger partial charge on any atom is -0.383 e. The molecule has 0 saturated heterocycles. The fourth-order valence-corrected chi connectivity index (χ4v) is 5.74. The number of methoxy groups -OCH3 is 1. The normalized spacial score (nSPS) is 30.9. The second kappa shape index (κ2) is 8.32. The van der Waals surface area contributed by atoms with Gasteiger partial charge in [-0.2, -0.15) is 13.2 Å². The van der Waals surface area contributed by atoms with Crippen LogP contribution in [0.15, 0.2) is 6.20 Å². The van der Waals surface area contributed by atoms with E-state index in [4.69, 9.17) is 4.74 Å². The van der Waals surface area contributed by atoms with Crippen LogP contribution >= 0.6 is 12.4 Å². The van der Waals surface area contributed by atoms with Gasteiger partial charge in [-0.15, -0.1) is 12.4 Å². The monoisotopic (exact) mass is 420 g/mol. The van der Waals surface area contributed by atoms with Crippen molar-refractivity contribution < 1.29 is 17.9 Å². The summed E-state index contributed by atoms with van der Waals surface area (Å²) < 4.78 is 45.5. The number of alkyl halides is 3. The van der Waals surface area contributed by atoms with E-state index in [1.807, 2.05) is 0 Å². The van der Waals surface area contributed by atoms with E-state index in [9.17, 15) is 13.2 Å².